The molecule has 0 radical (unpaired) electrons. The number of aliphatic hydroxyl groups is 8. The highest BCUT2D eigenvalue weighted by atomic mass is 16.7. The maximum absolute atomic E-state index is 13.2. The molecule has 0 saturated carbocycles. The minimum atomic E-state index is -1.78. The van der Waals surface area contributed by atoms with Gasteiger partial charge in [-0.25, -0.2) is 0 Å². The Morgan fingerprint density at radius 2 is 0.864 bits per heavy atom. The largest absolute Gasteiger partial charge is 0.394 e. The summed E-state index contributed by atoms with van der Waals surface area (Å²) in [4.78, 5) is 13.2. The predicted octanol–water partition coefficient (Wildman–Crippen LogP) is 7.78. The highest BCUT2D eigenvalue weighted by molar-refractivity contribution is 5.76. The van der Waals surface area contributed by atoms with Gasteiger partial charge in [-0.2, -0.15) is 0 Å². The van der Waals surface area contributed by atoms with Crippen molar-refractivity contribution in [2.24, 2.45) is 0 Å². The molecule has 2 aliphatic heterocycles. The lowest BCUT2D eigenvalue weighted by molar-refractivity contribution is -0.359. The van der Waals surface area contributed by atoms with Gasteiger partial charge in [0.1, 0.15) is 48.8 Å². The maximum Gasteiger partial charge on any atom is 0.220 e. The summed E-state index contributed by atoms with van der Waals surface area (Å²) in [6.07, 6.45) is 23.9. The van der Waals surface area contributed by atoms with Gasteiger partial charge in [0.15, 0.2) is 12.6 Å². The Hall–Kier alpha value is -1.01. The van der Waals surface area contributed by atoms with Crippen LogP contribution in [0.1, 0.15) is 232 Å². The topological polar surface area (TPSA) is 228 Å². The number of unbranched alkanes of at least 4 members (excludes halogenated alkanes) is 30. The number of rotatable bonds is 43. The third-order valence-electron chi connectivity index (χ3n) is 13.8. The summed E-state index contributed by atoms with van der Waals surface area (Å²) in [5, 5.41) is 86.9. The quantitative estimate of drug-likeness (QED) is 0.0267. The van der Waals surface area contributed by atoms with Gasteiger partial charge < -0.3 is 65.1 Å². The number of hydrogen-bond acceptors (Lipinski definition) is 13. The molecule has 0 aromatic heterocycles. The van der Waals surface area contributed by atoms with Crippen LogP contribution in [0, 0.1) is 0 Å². The first-order valence-electron chi connectivity index (χ1n) is 27.3. The minimum absolute atomic E-state index is 0.203. The Morgan fingerprint density at radius 3 is 1.29 bits per heavy atom. The van der Waals surface area contributed by atoms with Gasteiger partial charge in [0.25, 0.3) is 0 Å². The molecule has 0 aliphatic carbocycles. The number of carbonyl (C=O) groups is 1. The maximum atomic E-state index is 13.2. The molecule has 2 rings (SSSR count). The number of carbonyl (C=O) groups excluding carboxylic acids is 1. The van der Waals surface area contributed by atoms with Crippen LogP contribution in [-0.2, 0) is 23.7 Å². The normalized spacial score (nSPS) is 26.7. The van der Waals surface area contributed by atoms with Crippen LogP contribution in [0.5, 0.6) is 0 Å². The molecular weight excluding hydrogens is 847 g/mol. The van der Waals surface area contributed by atoms with E-state index in [1.54, 1.807) is 0 Å². The molecule has 0 aromatic carbocycles. The van der Waals surface area contributed by atoms with Gasteiger partial charge in [0.2, 0.25) is 5.91 Å². The van der Waals surface area contributed by atoms with E-state index in [2.05, 4.69) is 19.2 Å². The van der Waals surface area contributed by atoms with Gasteiger partial charge in [-0.1, -0.05) is 213 Å². The molecule has 14 heteroatoms. The summed E-state index contributed by atoms with van der Waals surface area (Å²) in [5.41, 5.74) is 0. The third kappa shape index (κ3) is 26.3. The number of nitrogens with one attached hydrogen (secondary N) is 1. The lowest BCUT2D eigenvalue weighted by Gasteiger charge is -2.46. The second-order valence-electron chi connectivity index (χ2n) is 19.7. The molecule has 0 spiro atoms. The molecule has 2 saturated heterocycles. The van der Waals surface area contributed by atoms with E-state index < -0.39 is 86.8 Å². The Labute approximate surface area is 400 Å². The van der Waals surface area contributed by atoms with E-state index in [4.69, 9.17) is 18.9 Å². The predicted molar refractivity (Wildman–Crippen MR) is 259 cm³/mol. The number of ether oxygens (including phenoxy) is 4. The molecule has 12 unspecified atom stereocenters. The first kappa shape index (κ1) is 61.1. The molecule has 0 bridgehead atoms. The van der Waals surface area contributed by atoms with E-state index in [-0.39, 0.29) is 12.5 Å². The van der Waals surface area contributed by atoms with Gasteiger partial charge in [-0.05, 0) is 12.8 Å². The summed E-state index contributed by atoms with van der Waals surface area (Å²) in [6, 6.07) is -0.820. The molecule has 66 heavy (non-hydrogen) atoms. The SMILES string of the molecule is CCCCCCCCCCCCCCCCCCCCCCC(=O)NC(COC1OC(CO)C(OC2OC(CO)C(O)C(O)C2O)C(O)C1O)C(O)CCCCCCCCCCCCCC. The average molecular weight is 948 g/mol. The van der Waals surface area contributed by atoms with Gasteiger partial charge in [0.05, 0.1) is 32.0 Å². The molecule has 392 valence electrons. The zero-order valence-corrected chi connectivity index (χ0v) is 41.7. The van der Waals surface area contributed by atoms with Crippen molar-refractivity contribution in [3.63, 3.8) is 0 Å². The van der Waals surface area contributed by atoms with Gasteiger partial charge in [-0.15, -0.1) is 0 Å². The highest BCUT2D eigenvalue weighted by Gasteiger charge is 2.51. The van der Waals surface area contributed by atoms with E-state index in [1.807, 2.05) is 0 Å². The van der Waals surface area contributed by atoms with E-state index in [1.165, 1.54) is 154 Å². The number of amides is 1. The summed E-state index contributed by atoms with van der Waals surface area (Å²) >= 11 is 0. The van der Waals surface area contributed by atoms with Crippen LogP contribution >= 0.6 is 0 Å². The van der Waals surface area contributed by atoms with Crippen LogP contribution in [0.25, 0.3) is 0 Å². The van der Waals surface area contributed by atoms with Gasteiger partial charge in [-0.3, -0.25) is 4.79 Å². The minimum Gasteiger partial charge on any atom is -0.394 e. The fourth-order valence-electron chi connectivity index (χ4n) is 9.36. The first-order valence-corrected chi connectivity index (χ1v) is 27.3. The van der Waals surface area contributed by atoms with Crippen molar-refractivity contribution in [2.45, 2.75) is 306 Å². The first-order chi connectivity index (χ1) is 32.1. The standard InChI is InChI=1S/C52H101NO13/c1-3-5-7-9-11-13-15-17-18-19-20-21-22-23-24-26-28-30-32-34-36-44(57)53-40(41(56)35-33-31-29-27-25-16-14-12-10-8-6-4-2)39-63-51-49(62)47(60)50(43(38-55)65-51)66-52-48(61)46(59)45(58)42(37-54)64-52/h40-43,45-52,54-56,58-62H,3-39H2,1-2H3,(H,53,57). The van der Waals surface area contributed by atoms with Gasteiger partial charge >= 0.3 is 0 Å². The Morgan fingerprint density at radius 1 is 0.485 bits per heavy atom. The number of aliphatic hydroxyl groups excluding tert-OH is 8. The highest BCUT2D eigenvalue weighted by Crippen LogP contribution is 2.30. The lowest BCUT2D eigenvalue weighted by Crippen LogP contribution is -2.65. The molecular formula is C52H101NO13. The summed E-state index contributed by atoms with van der Waals surface area (Å²) < 4.78 is 22.8. The molecule has 0 aromatic rings. The lowest BCUT2D eigenvalue weighted by atomic mass is 9.97. The average Bonchev–Trinajstić information content (AvgIpc) is 3.31. The Bertz CT molecular complexity index is 1120. The van der Waals surface area contributed by atoms with E-state index in [9.17, 15) is 45.6 Å². The molecule has 2 aliphatic rings. The van der Waals surface area contributed by atoms with Crippen molar-refractivity contribution in [2.75, 3.05) is 19.8 Å². The van der Waals surface area contributed by atoms with Crippen molar-refractivity contribution in [3.05, 3.63) is 0 Å². The second-order valence-corrected chi connectivity index (χ2v) is 19.7. The molecule has 14 nitrogen and oxygen atoms in total. The zero-order valence-electron chi connectivity index (χ0n) is 41.7. The van der Waals surface area contributed by atoms with Crippen LogP contribution < -0.4 is 5.32 Å². The van der Waals surface area contributed by atoms with Crippen LogP contribution in [0.4, 0.5) is 0 Å². The van der Waals surface area contributed by atoms with Crippen LogP contribution in [-0.4, -0.2) is 140 Å². The number of hydrogen-bond donors (Lipinski definition) is 9. The fraction of sp³-hybridized carbons (Fsp3) is 0.981. The molecule has 2 fully saturated rings. The summed E-state index contributed by atoms with van der Waals surface area (Å²) in [6.45, 7) is 2.87. The second kappa shape index (κ2) is 39.7. The van der Waals surface area contributed by atoms with Crippen molar-refractivity contribution < 1.29 is 64.6 Å². The summed E-state index contributed by atoms with van der Waals surface area (Å²) in [7, 11) is 0. The van der Waals surface area contributed by atoms with Crippen LogP contribution in [0.2, 0.25) is 0 Å². The van der Waals surface area contributed by atoms with Crippen LogP contribution in [0.3, 0.4) is 0 Å². The molecule has 2 heterocycles. The van der Waals surface area contributed by atoms with Crippen molar-refractivity contribution >= 4 is 5.91 Å². The van der Waals surface area contributed by atoms with Crippen LogP contribution in [0.15, 0.2) is 0 Å². The Kier molecular flexibility index (Phi) is 36.7. The van der Waals surface area contributed by atoms with E-state index in [0.29, 0.717) is 12.8 Å². The van der Waals surface area contributed by atoms with Crippen molar-refractivity contribution in [1.82, 2.24) is 5.32 Å². The monoisotopic (exact) mass is 948 g/mol. The van der Waals surface area contributed by atoms with E-state index >= 15 is 0 Å². The van der Waals surface area contributed by atoms with Crippen molar-refractivity contribution in [3.8, 4) is 0 Å². The molecule has 9 N–H and O–H groups in total. The summed E-state index contributed by atoms with van der Waals surface area (Å²) in [5.74, 6) is -0.203. The third-order valence-corrected chi connectivity index (χ3v) is 13.8. The van der Waals surface area contributed by atoms with Gasteiger partial charge in [0, 0.05) is 6.42 Å². The molecule has 12 atom stereocenters. The van der Waals surface area contributed by atoms with E-state index in [0.717, 1.165) is 51.4 Å². The Balaban J connectivity index is 1.77. The van der Waals surface area contributed by atoms with Crippen molar-refractivity contribution in [1.29, 1.82) is 0 Å². The molecule has 1 amide bonds. The smallest absolute Gasteiger partial charge is 0.220 e. The zero-order chi connectivity index (χ0) is 48.2. The fourth-order valence-corrected chi connectivity index (χ4v) is 9.36.